The lowest BCUT2D eigenvalue weighted by Crippen LogP contribution is -2.18. The predicted octanol–water partition coefficient (Wildman–Crippen LogP) is 1.90. The van der Waals surface area contributed by atoms with E-state index >= 15 is 0 Å². The number of hydrogen-bond acceptors (Lipinski definition) is 1. The minimum atomic E-state index is 0.725. The van der Waals surface area contributed by atoms with Crippen LogP contribution in [0.1, 0.15) is 26.7 Å². The van der Waals surface area contributed by atoms with E-state index < -0.39 is 0 Å². The molecule has 1 fully saturated rings. The third-order valence-electron chi connectivity index (χ3n) is 1.65. The Morgan fingerprint density at radius 1 is 1.22 bits per heavy atom. The summed E-state index contributed by atoms with van der Waals surface area (Å²) in [5, 5.41) is 0. The average molecular weight is 126 g/mol. The molecule has 0 spiro atoms. The summed E-state index contributed by atoms with van der Waals surface area (Å²) in [4.78, 5) is 2.44. The maximum atomic E-state index is 2.44. The first kappa shape index (κ1) is 7.07. The van der Waals surface area contributed by atoms with Crippen LogP contribution in [-0.2, 0) is 0 Å². The number of nitrogens with zero attached hydrogens (tertiary/aromatic N) is 1. The highest BCUT2D eigenvalue weighted by Gasteiger charge is 2.11. The second kappa shape index (κ2) is 3.21. The zero-order chi connectivity index (χ0) is 6.69. The molecule has 0 saturated carbocycles. The van der Waals surface area contributed by atoms with Gasteiger partial charge in [-0.05, 0) is 31.8 Å². The molecule has 53 valence electrons. The van der Waals surface area contributed by atoms with Crippen LogP contribution < -0.4 is 0 Å². The molecule has 1 aliphatic rings. The first-order valence-electron chi connectivity index (χ1n) is 3.88. The summed E-state index contributed by atoms with van der Waals surface area (Å²) in [5.74, 6) is 0.725. The molecule has 0 bridgehead atoms. The van der Waals surface area contributed by atoms with Gasteiger partial charge in [-0.3, -0.25) is 4.90 Å². The Hall–Kier alpha value is -0.0400. The van der Waals surface area contributed by atoms with Gasteiger partial charge in [0.25, 0.3) is 0 Å². The molecule has 1 heteroatoms. The van der Waals surface area contributed by atoms with Crippen molar-refractivity contribution in [3.05, 3.63) is 6.54 Å². The van der Waals surface area contributed by atoms with E-state index in [2.05, 4.69) is 25.3 Å². The first-order chi connectivity index (χ1) is 4.29. The zero-order valence-corrected chi connectivity index (χ0v) is 6.43. The lowest BCUT2D eigenvalue weighted by atomic mass is 10.2. The highest BCUT2D eigenvalue weighted by atomic mass is 15.1. The van der Waals surface area contributed by atoms with Gasteiger partial charge in [0.05, 0.1) is 0 Å². The van der Waals surface area contributed by atoms with E-state index in [-0.39, 0.29) is 0 Å². The van der Waals surface area contributed by atoms with E-state index in [1.165, 1.54) is 25.9 Å². The van der Waals surface area contributed by atoms with Crippen LogP contribution in [0.25, 0.3) is 0 Å². The third-order valence-corrected chi connectivity index (χ3v) is 1.65. The minimum Gasteiger partial charge on any atom is -0.299 e. The van der Waals surface area contributed by atoms with Gasteiger partial charge >= 0.3 is 0 Å². The molecule has 1 nitrogen and oxygen atoms in total. The maximum Gasteiger partial charge on any atom is 0.0277 e. The molecule has 9 heavy (non-hydrogen) atoms. The van der Waals surface area contributed by atoms with E-state index in [0.717, 1.165) is 5.92 Å². The quantitative estimate of drug-likeness (QED) is 0.546. The van der Waals surface area contributed by atoms with Gasteiger partial charge in [-0.15, -0.1) is 0 Å². The lowest BCUT2D eigenvalue weighted by molar-refractivity contribution is 0.369. The summed E-state index contributed by atoms with van der Waals surface area (Å²) < 4.78 is 0. The van der Waals surface area contributed by atoms with Gasteiger partial charge in [-0.1, -0.05) is 13.8 Å². The van der Waals surface area contributed by atoms with Crippen LogP contribution in [0, 0.1) is 12.5 Å². The van der Waals surface area contributed by atoms with Gasteiger partial charge in [0, 0.05) is 6.54 Å². The van der Waals surface area contributed by atoms with E-state index in [1.807, 2.05) is 0 Å². The summed E-state index contributed by atoms with van der Waals surface area (Å²) in [7, 11) is 0. The van der Waals surface area contributed by atoms with Crippen LogP contribution in [-0.4, -0.2) is 18.0 Å². The molecular formula is C8H16N. The van der Waals surface area contributed by atoms with Gasteiger partial charge in [0.15, 0.2) is 0 Å². The summed E-state index contributed by atoms with van der Waals surface area (Å²) >= 11 is 0. The highest BCUT2D eigenvalue weighted by Crippen LogP contribution is 2.12. The van der Waals surface area contributed by atoms with Crippen LogP contribution >= 0.6 is 0 Å². The molecule has 1 radical (unpaired) electrons. The molecule has 1 saturated heterocycles. The van der Waals surface area contributed by atoms with Crippen molar-refractivity contribution in [2.24, 2.45) is 5.92 Å². The van der Waals surface area contributed by atoms with Crippen LogP contribution in [0.2, 0.25) is 0 Å². The lowest BCUT2D eigenvalue weighted by Gasteiger charge is -2.15. The molecule has 0 unspecified atom stereocenters. The molecular weight excluding hydrogens is 110 g/mol. The van der Waals surface area contributed by atoms with Crippen molar-refractivity contribution < 1.29 is 0 Å². The zero-order valence-electron chi connectivity index (χ0n) is 6.43. The van der Waals surface area contributed by atoms with E-state index in [4.69, 9.17) is 0 Å². The van der Waals surface area contributed by atoms with Crippen molar-refractivity contribution in [2.75, 3.05) is 13.1 Å². The fourth-order valence-corrected chi connectivity index (χ4v) is 1.31. The Bertz CT molecular complexity index is 72.6. The van der Waals surface area contributed by atoms with Crippen LogP contribution in [0.5, 0.6) is 0 Å². The molecule has 0 N–H and O–H groups in total. The smallest absolute Gasteiger partial charge is 0.0277 e. The van der Waals surface area contributed by atoms with E-state index in [9.17, 15) is 0 Å². The van der Waals surface area contributed by atoms with Crippen LogP contribution in [0.15, 0.2) is 0 Å². The average Bonchev–Trinajstić information content (AvgIpc) is 2.15. The Labute approximate surface area is 58.0 Å². The Morgan fingerprint density at radius 2 is 1.78 bits per heavy atom. The molecule has 0 amide bonds. The SMILES string of the molecule is CC(C)[CH]N1CCCC1. The van der Waals surface area contributed by atoms with Crippen molar-refractivity contribution >= 4 is 0 Å². The normalized spacial score (nSPS) is 21.7. The number of likely N-dealkylation sites (tertiary alicyclic amines) is 1. The van der Waals surface area contributed by atoms with Gasteiger partial charge < -0.3 is 0 Å². The molecule has 1 aliphatic heterocycles. The Morgan fingerprint density at radius 3 is 2.22 bits per heavy atom. The van der Waals surface area contributed by atoms with Crippen molar-refractivity contribution in [1.29, 1.82) is 0 Å². The molecule has 0 atom stereocenters. The largest absolute Gasteiger partial charge is 0.299 e. The second-order valence-electron chi connectivity index (χ2n) is 3.14. The Balaban J connectivity index is 2.11. The highest BCUT2D eigenvalue weighted by molar-refractivity contribution is 4.76. The van der Waals surface area contributed by atoms with Crippen LogP contribution in [0.3, 0.4) is 0 Å². The summed E-state index contributed by atoms with van der Waals surface area (Å²) in [6.45, 7) is 9.39. The molecule has 1 heterocycles. The van der Waals surface area contributed by atoms with Crippen molar-refractivity contribution in [3.63, 3.8) is 0 Å². The molecule has 0 aromatic heterocycles. The summed E-state index contributed by atoms with van der Waals surface area (Å²) in [5.41, 5.74) is 0. The van der Waals surface area contributed by atoms with Crippen molar-refractivity contribution in [1.82, 2.24) is 4.90 Å². The molecule has 0 aromatic rings. The van der Waals surface area contributed by atoms with Gasteiger partial charge in [-0.2, -0.15) is 0 Å². The topological polar surface area (TPSA) is 3.24 Å². The number of hydrogen-bond donors (Lipinski definition) is 0. The molecule has 0 aliphatic carbocycles. The second-order valence-corrected chi connectivity index (χ2v) is 3.14. The minimum absolute atomic E-state index is 0.725. The van der Waals surface area contributed by atoms with E-state index in [0.29, 0.717) is 0 Å². The van der Waals surface area contributed by atoms with Crippen molar-refractivity contribution in [3.8, 4) is 0 Å². The maximum absolute atomic E-state index is 2.44. The number of rotatable bonds is 2. The Kier molecular flexibility index (Phi) is 2.52. The first-order valence-corrected chi connectivity index (χ1v) is 3.88. The summed E-state index contributed by atoms with van der Waals surface area (Å²) in [6, 6.07) is 0. The fourth-order valence-electron chi connectivity index (χ4n) is 1.31. The standard InChI is InChI=1S/C8H16N/c1-8(2)7-9-5-3-4-6-9/h7-8H,3-6H2,1-2H3. The predicted molar refractivity (Wildman–Crippen MR) is 39.9 cm³/mol. The van der Waals surface area contributed by atoms with Gasteiger partial charge in [-0.25, -0.2) is 0 Å². The third kappa shape index (κ3) is 2.35. The van der Waals surface area contributed by atoms with Gasteiger partial charge in [0.1, 0.15) is 0 Å². The monoisotopic (exact) mass is 126 g/mol. The molecule has 1 rings (SSSR count). The molecule has 0 aromatic carbocycles. The van der Waals surface area contributed by atoms with Gasteiger partial charge in [0.2, 0.25) is 0 Å². The van der Waals surface area contributed by atoms with Crippen LogP contribution in [0.4, 0.5) is 0 Å². The fraction of sp³-hybridized carbons (Fsp3) is 0.875. The van der Waals surface area contributed by atoms with Crippen molar-refractivity contribution in [2.45, 2.75) is 26.7 Å². The van der Waals surface area contributed by atoms with E-state index in [1.54, 1.807) is 0 Å². The summed E-state index contributed by atoms with van der Waals surface area (Å²) in [6.07, 6.45) is 2.78.